The fraction of sp³-hybridized carbons (Fsp3) is 0.111. The molecule has 0 aliphatic rings. The van der Waals surface area contributed by atoms with Crippen LogP contribution in [-0.4, -0.2) is 15.7 Å². The number of halogens is 6. The number of anilines is 1. The molecule has 0 bridgehead atoms. The maximum Gasteiger partial charge on any atom is 0.434 e. The summed E-state index contributed by atoms with van der Waals surface area (Å²) >= 11 is 0. The highest BCUT2D eigenvalue weighted by Gasteiger charge is 2.40. The number of nitrogens with zero attached hydrogens (tertiary/aromatic N) is 2. The number of hydrogen-bond acceptors (Lipinski definition) is 2. The lowest BCUT2D eigenvalue weighted by atomic mass is 10.1. The van der Waals surface area contributed by atoms with Crippen molar-refractivity contribution < 1.29 is 31.1 Å². The normalized spacial score (nSPS) is 12.1. The minimum Gasteiger partial charge on any atom is -0.322 e. The zero-order valence-corrected chi connectivity index (χ0v) is 13.8. The van der Waals surface area contributed by atoms with E-state index in [0.29, 0.717) is 16.8 Å². The van der Waals surface area contributed by atoms with E-state index in [1.54, 1.807) is 6.07 Å². The zero-order valence-electron chi connectivity index (χ0n) is 13.8. The van der Waals surface area contributed by atoms with Gasteiger partial charge in [0.15, 0.2) is 5.69 Å². The van der Waals surface area contributed by atoms with Crippen molar-refractivity contribution in [1.82, 2.24) is 9.78 Å². The molecule has 2 aromatic carbocycles. The molecule has 0 saturated carbocycles. The molecular weight excluding hydrogens is 388 g/mol. The van der Waals surface area contributed by atoms with Crippen molar-refractivity contribution in [3.63, 3.8) is 0 Å². The van der Waals surface area contributed by atoms with Crippen LogP contribution in [0.3, 0.4) is 0 Å². The summed E-state index contributed by atoms with van der Waals surface area (Å²) in [5.74, 6) is -1.14. The van der Waals surface area contributed by atoms with Gasteiger partial charge in [-0.3, -0.25) is 4.79 Å². The molecule has 1 heterocycles. The molecule has 0 atom stereocenters. The molecule has 1 N–H and O–H groups in total. The Hall–Kier alpha value is -3.30. The van der Waals surface area contributed by atoms with Gasteiger partial charge in [0.2, 0.25) is 0 Å². The van der Waals surface area contributed by atoms with Crippen LogP contribution < -0.4 is 5.32 Å². The van der Waals surface area contributed by atoms with E-state index in [4.69, 9.17) is 0 Å². The second-order valence-corrected chi connectivity index (χ2v) is 5.68. The van der Waals surface area contributed by atoms with E-state index in [9.17, 15) is 31.1 Å². The number of carbonyl (C=O) groups is 1. The molecular formula is C18H11F6N3O. The zero-order chi connectivity index (χ0) is 20.5. The van der Waals surface area contributed by atoms with Gasteiger partial charge in [0, 0.05) is 5.69 Å². The minimum absolute atomic E-state index is 0.0846. The van der Waals surface area contributed by atoms with Crippen LogP contribution in [0.2, 0.25) is 0 Å². The van der Waals surface area contributed by atoms with Crippen molar-refractivity contribution in [2.24, 2.45) is 0 Å². The highest BCUT2D eigenvalue weighted by Crippen LogP contribution is 2.34. The van der Waals surface area contributed by atoms with Crippen molar-refractivity contribution in [2.75, 3.05) is 5.32 Å². The lowest BCUT2D eigenvalue weighted by Gasteiger charge is -2.13. The van der Waals surface area contributed by atoms with Crippen LogP contribution in [0.5, 0.6) is 0 Å². The first-order valence-corrected chi connectivity index (χ1v) is 7.76. The van der Waals surface area contributed by atoms with Crippen LogP contribution >= 0.6 is 0 Å². The quantitative estimate of drug-likeness (QED) is 0.619. The molecule has 3 aromatic rings. The van der Waals surface area contributed by atoms with Crippen molar-refractivity contribution in [1.29, 1.82) is 0 Å². The van der Waals surface area contributed by atoms with Gasteiger partial charge in [0.25, 0.3) is 5.91 Å². The van der Waals surface area contributed by atoms with Gasteiger partial charge in [0.1, 0.15) is 0 Å². The minimum atomic E-state index is -4.89. The van der Waals surface area contributed by atoms with Gasteiger partial charge >= 0.3 is 12.4 Å². The fourth-order valence-electron chi connectivity index (χ4n) is 2.49. The topological polar surface area (TPSA) is 46.9 Å². The van der Waals surface area contributed by atoms with E-state index in [1.807, 2.05) is 0 Å². The lowest BCUT2D eigenvalue weighted by molar-refractivity contribution is -0.143. The van der Waals surface area contributed by atoms with E-state index in [1.165, 1.54) is 24.3 Å². The summed E-state index contributed by atoms with van der Waals surface area (Å²) in [5.41, 5.74) is -2.97. The van der Waals surface area contributed by atoms with Gasteiger partial charge in [-0.15, -0.1) is 0 Å². The predicted molar refractivity (Wildman–Crippen MR) is 88.0 cm³/mol. The summed E-state index contributed by atoms with van der Waals surface area (Å²) in [4.78, 5) is 12.3. The second kappa shape index (κ2) is 7.02. The molecule has 10 heteroatoms. The first-order valence-electron chi connectivity index (χ1n) is 7.76. The Morgan fingerprint density at radius 1 is 0.857 bits per heavy atom. The first-order chi connectivity index (χ1) is 13.1. The van der Waals surface area contributed by atoms with E-state index in [-0.39, 0.29) is 11.4 Å². The van der Waals surface area contributed by atoms with Crippen LogP contribution in [0.1, 0.15) is 21.6 Å². The Bertz CT molecular complexity index is 975. The third-order valence-electron chi connectivity index (χ3n) is 3.75. The van der Waals surface area contributed by atoms with Crippen LogP contribution in [-0.2, 0) is 12.4 Å². The largest absolute Gasteiger partial charge is 0.434 e. The summed E-state index contributed by atoms with van der Waals surface area (Å²) in [5, 5.41) is 5.80. The lowest BCUT2D eigenvalue weighted by Crippen LogP contribution is -2.20. The van der Waals surface area contributed by atoms with Crippen molar-refractivity contribution in [3.8, 4) is 5.69 Å². The molecule has 0 spiro atoms. The molecule has 3 rings (SSSR count). The standard InChI is InChI=1S/C18H11F6N3O/c19-17(20,21)11-6-8-12(9-7-11)26-16(28)14-10-25-27(15(14)18(22,23)24)13-4-2-1-3-5-13/h1-10H,(H,26,28). The number of rotatable bonds is 3. The number of nitrogens with one attached hydrogen (secondary N) is 1. The number of alkyl halides is 6. The molecule has 0 saturated heterocycles. The SMILES string of the molecule is O=C(Nc1ccc(C(F)(F)F)cc1)c1cnn(-c2ccccc2)c1C(F)(F)F. The molecule has 0 radical (unpaired) electrons. The number of para-hydroxylation sites is 1. The number of benzene rings is 2. The molecule has 28 heavy (non-hydrogen) atoms. The summed E-state index contributed by atoms with van der Waals surface area (Å²) in [6, 6.07) is 10.8. The second-order valence-electron chi connectivity index (χ2n) is 5.68. The molecule has 146 valence electrons. The number of hydrogen-bond donors (Lipinski definition) is 1. The summed E-state index contributed by atoms with van der Waals surface area (Å²) in [6.45, 7) is 0. The monoisotopic (exact) mass is 399 g/mol. The smallest absolute Gasteiger partial charge is 0.322 e. The molecule has 0 aliphatic carbocycles. The van der Waals surface area contributed by atoms with Gasteiger partial charge in [-0.2, -0.15) is 31.4 Å². The Kier molecular flexibility index (Phi) is 4.88. The van der Waals surface area contributed by atoms with Gasteiger partial charge in [-0.05, 0) is 36.4 Å². The maximum atomic E-state index is 13.5. The van der Waals surface area contributed by atoms with E-state index < -0.39 is 35.1 Å². The van der Waals surface area contributed by atoms with E-state index in [2.05, 4.69) is 10.4 Å². The Balaban J connectivity index is 1.93. The van der Waals surface area contributed by atoms with E-state index in [0.717, 1.165) is 18.3 Å². The molecule has 0 fully saturated rings. The first kappa shape index (κ1) is 19.5. The van der Waals surface area contributed by atoms with Crippen molar-refractivity contribution >= 4 is 11.6 Å². The van der Waals surface area contributed by atoms with Crippen LogP contribution in [0, 0.1) is 0 Å². The fourth-order valence-corrected chi connectivity index (χ4v) is 2.49. The van der Waals surface area contributed by atoms with Crippen LogP contribution in [0.15, 0.2) is 60.8 Å². The van der Waals surface area contributed by atoms with Crippen molar-refractivity contribution in [3.05, 3.63) is 77.6 Å². The highest BCUT2D eigenvalue weighted by molar-refractivity contribution is 6.05. The third kappa shape index (κ3) is 4.00. The van der Waals surface area contributed by atoms with Crippen LogP contribution in [0.25, 0.3) is 5.69 Å². The Labute approximate surface area is 154 Å². The number of amides is 1. The maximum absolute atomic E-state index is 13.5. The summed E-state index contributed by atoms with van der Waals surface area (Å²) in [7, 11) is 0. The Morgan fingerprint density at radius 3 is 2.00 bits per heavy atom. The average Bonchev–Trinajstić information content (AvgIpc) is 3.08. The third-order valence-corrected chi connectivity index (χ3v) is 3.75. The van der Waals surface area contributed by atoms with Crippen LogP contribution in [0.4, 0.5) is 32.0 Å². The van der Waals surface area contributed by atoms with Gasteiger partial charge in [-0.1, -0.05) is 18.2 Å². The summed E-state index contributed by atoms with van der Waals surface area (Å²) in [6.07, 6.45) is -8.70. The molecule has 4 nitrogen and oxygen atoms in total. The molecule has 0 aliphatic heterocycles. The molecule has 1 amide bonds. The molecule has 0 unspecified atom stereocenters. The Morgan fingerprint density at radius 2 is 1.46 bits per heavy atom. The molecule has 1 aromatic heterocycles. The van der Waals surface area contributed by atoms with Gasteiger partial charge in [0.05, 0.1) is 23.0 Å². The van der Waals surface area contributed by atoms with Gasteiger partial charge in [-0.25, -0.2) is 4.68 Å². The highest BCUT2D eigenvalue weighted by atomic mass is 19.4. The summed E-state index contributed by atoms with van der Waals surface area (Å²) < 4.78 is 78.9. The van der Waals surface area contributed by atoms with Crippen molar-refractivity contribution in [2.45, 2.75) is 12.4 Å². The average molecular weight is 399 g/mol. The number of carbonyl (C=O) groups excluding carboxylic acids is 1. The predicted octanol–water partition coefficient (Wildman–Crippen LogP) is 5.16. The number of aromatic nitrogens is 2. The van der Waals surface area contributed by atoms with Gasteiger partial charge < -0.3 is 5.32 Å². The van der Waals surface area contributed by atoms with E-state index >= 15 is 0 Å².